The zero-order chi connectivity index (χ0) is 14.9. The molecule has 0 bridgehead atoms. The van der Waals surface area contributed by atoms with Gasteiger partial charge in [0, 0.05) is 24.6 Å². The Hall–Kier alpha value is -1.55. The molecule has 2 aliphatic heterocycles. The van der Waals surface area contributed by atoms with Gasteiger partial charge in [-0.15, -0.1) is 0 Å². The van der Waals surface area contributed by atoms with Gasteiger partial charge in [-0.3, -0.25) is 9.69 Å². The van der Waals surface area contributed by atoms with Crippen LogP contribution in [0, 0.1) is 5.41 Å². The molecule has 2 atom stereocenters. The Balaban J connectivity index is 1.86. The largest absolute Gasteiger partial charge is 0.493 e. The van der Waals surface area contributed by atoms with Gasteiger partial charge < -0.3 is 9.84 Å². The van der Waals surface area contributed by atoms with Crippen LogP contribution in [0.2, 0.25) is 0 Å². The predicted octanol–water partition coefficient (Wildman–Crippen LogP) is 3.09. The Morgan fingerprint density at radius 1 is 1.48 bits per heavy atom. The van der Waals surface area contributed by atoms with Crippen molar-refractivity contribution in [3.63, 3.8) is 0 Å². The standard InChI is InChI=1S/C17H23NO3/c1-2-17(16(19)20)9-5-10-18(12-17)14-8-11-21-15-7-4-3-6-13(14)15/h3-4,6-7,14H,2,5,8-12H2,1H3,(H,19,20). The molecule has 2 unspecified atom stereocenters. The lowest BCUT2D eigenvalue weighted by Gasteiger charge is -2.44. The van der Waals surface area contributed by atoms with E-state index >= 15 is 0 Å². The van der Waals surface area contributed by atoms with Gasteiger partial charge in [0.2, 0.25) is 0 Å². The predicted molar refractivity (Wildman–Crippen MR) is 80.5 cm³/mol. The molecule has 0 aromatic heterocycles. The molecule has 2 heterocycles. The van der Waals surface area contributed by atoms with Crippen molar-refractivity contribution in [2.24, 2.45) is 5.41 Å². The minimum Gasteiger partial charge on any atom is -0.493 e. The van der Waals surface area contributed by atoms with Crippen molar-refractivity contribution < 1.29 is 14.6 Å². The number of carboxylic acids is 1. The molecular formula is C17H23NO3. The number of carboxylic acid groups (broad SMARTS) is 1. The van der Waals surface area contributed by atoms with E-state index in [1.807, 2.05) is 25.1 Å². The van der Waals surface area contributed by atoms with Crippen LogP contribution in [-0.4, -0.2) is 35.7 Å². The third-order valence-electron chi connectivity index (χ3n) is 5.10. The van der Waals surface area contributed by atoms with Gasteiger partial charge in [0.05, 0.1) is 12.0 Å². The molecule has 4 nitrogen and oxygen atoms in total. The lowest BCUT2D eigenvalue weighted by atomic mass is 9.76. The van der Waals surface area contributed by atoms with Gasteiger partial charge in [0.25, 0.3) is 0 Å². The molecule has 0 aliphatic carbocycles. The first-order valence-electron chi connectivity index (χ1n) is 7.85. The minimum absolute atomic E-state index is 0.292. The molecule has 0 amide bonds. The monoisotopic (exact) mass is 289 g/mol. The molecule has 1 N–H and O–H groups in total. The number of hydrogen-bond acceptors (Lipinski definition) is 3. The molecule has 1 aromatic carbocycles. The van der Waals surface area contributed by atoms with Crippen LogP contribution in [-0.2, 0) is 4.79 Å². The van der Waals surface area contributed by atoms with Crippen LogP contribution in [0.15, 0.2) is 24.3 Å². The Bertz CT molecular complexity index is 531. The smallest absolute Gasteiger partial charge is 0.310 e. The molecule has 114 valence electrons. The van der Waals surface area contributed by atoms with Crippen LogP contribution < -0.4 is 4.74 Å². The van der Waals surface area contributed by atoms with Crippen LogP contribution in [0.1, 0.15) is 44.2 Å². The van der Waals surface area contributed by atoms with Gasteiger partial charge in [-0.2, -0.15) is 0 Å². The lowest BCUT2D eigenvalue weighted by Crippen LogP contribution is -2.49. The van der Waals surface area contributed by atoms with E-state index in [1.165, 1.54) is 5.56 Å². The van der Waals surface area contributed by atoms with E-state index in [9.17, 15) is 9.90 Å². The molecule has 21 heavy (non-hydrogen) atoms. The normalized spacial score (nSPS) is 29.5. The van der Waals surface area contributed by atoms with Gasteiger partial charge in [-0.05, 0) is 31.9 Å². The molecular weight excluding hydrogens is 266 g/mol. The van der Waals surface area contributed by atoms with E-state index in [1.54, 1.807) is 0 Å². The van der Waals surface area contributed by atoms with E-state index < -0.39 is 11.4 Å². The number of nitrogens with zero attached hydrogens (tertiary/aromatic N) is 1. The second-order valence-electron chi connectivity index (χ2n) is 6.20. The Morgan fingerprint density at radius 3 is 3.05 bits per heavy atom. The highest BCUT2D eigenvalue weighted by molar-refractivity contribution is 5.75. The van der Waals surface area contributed by atoms with Gasteiger partial charge >= 0.3 is 5.97 Å². The maximum Gasteiger partial charge on any atom is 0.310 e. The first kappa shape index (κ1) is 14.4. The molecule has 0 spiro atoms. The van der Waals surface area contributed by atoms with Gasteiger partial charge in [-0.1, -0.05) is 25.1 Å². The molecule has 2 aliphatic rings. The zero-order valence-electron chi connectivity index (χ0n) is 12.5. The summed E-state index contributed by atoms with van der Waals surface area (Å²) in [6, 6.07) is 8.44. The first-order chi connectivity index (χ1) is 10.2. The summed E-state index contributed by atoms with van der Waals surface area (Å²) in [4.78, 5) is 14.1. The topological polar surface area (TPSA) is 49.8 Å². The van der Waals surface area contributed by atoms with Crippen LogP contribution in [0.3, 0.4) is 0 Å². The van der Waals surface area contributed by atoms with Crippen molar-refractivity contribution in [3.8, 4) is 5.75 Å². The van der Waals surface area contributed by atoms with E-state index in [0.717, 1.165) is 31.6 Å². The maximum atomic E-state index is 11.7. The van der Waals surface area contributed by atoms with Crippen molar-refractivity contribution in [2.75, 3.05) is 19.7 Å². The lowest BCUT2D eigenvalue weighted by molar-refractivity contribution is -0.153. The molecule has 1 fully saturated rings. The van der Waals surface area contributed by atoms with Crippen molar-refractivity contribution in [2.45, 2.75) is 38.6 Å². The molecule has 3 rings (SSSR count). The van der Waals surface area contributed by atoms with Crippen LogP contribution >= 0.6 is 0 Å². The SMILES string of the molecule is CCC1(C(=O)O)CCCN(C2CCOc3ccccc32)C1. The summed E-state index contributed by atoms with van der Waals surface area (Å²) >= 11 is 0. The van der Waals surface area contributed by atoms with E-state index in [4.69, 9.17) is 4.74 Å². The number of fused-ring (bicyclic) bond motifs is 1. The van der Waals surface area contributed by atoms with E-state index in [-0.39, 0.29) is 0 Å². The minimum atomic E-state index is -0.643. The summed E-state index contributed by atoms with van der Waals surface area (Å²) in [6.07, 6.45) is 3.39. The third-order valence-corrected chi connectivity index (χ3v) is 5.10. The Kier molecular flexibility index (Phi) is 3.89. The molecule has 0 saturated carbocycles. The average Bonchev–Trinajstić information content (AvgIpc) is 2.54. The molecule has 0 radical (unpaired) electrons. The first-order valence-corrected chi connectivity index (χ1v) is 7.85. The number of ether oxygens (including phenoxy) is 1. The Labute approximate surface area is 125 Å². The fourth-order valence-corrected chi connectivity index (χ4v) is 3.75. The number of carbonyl (C=O) groups is 1. The highest BCUT2D eigenvalue weighted by atomic mass is 16.5. The number of aliphatic carboxylic acids is 1. The summed E-state index contributed by atoms with van der Waals surface area (Å²) in [5.41, 5.74) is 0.631. The summed E-state index contributed by atoms with van der Waals surface area (Å²) in [5.74, 6) is 0.312. The molecule has 4 heteroatoms. The Morgan fingerprint density at radius 2 is 2.29 bits per heavy atom. The highest BCUT2D eigenvalue weighted by Gasteiger charge is 2.43. The second kappa shape index (κ2) is 5.68. The van der Waals surface area contributed by atoms with Gasteiger partial charge in [-0.25, -0.2) is 0 Å². The summed E-state index contributed by atoms with van der Waals surface area (Å²) in [6.45, 7) is 4.34. The summed E-state index contributed by atoms with van der Waals surface area (Å²) in [5, 5.41) is 9.65. The number of likely N-dealkylation sites (tertiary alicyclic amines) is 1. The number of rotatable bonds is 3. The van der Waals surface area contributed by atoms with E-state index in [2.05, 4.69) is 11.0 Å². The third kappa shape index (κ3) is 2.53. The van der Waals surface area contributed by atoms with Gasteiger partial charge in [0.1, 0.15) is 5.75 Å². The van der Waals surface area contributed by atoms with Crippen LogP contribution in [0.4, 0.5) is 0 Å². The number of piperidine rings is 1. The quantitative estimate of drug-likeness (QED) is 0.929. The maximum absolute atomic E-state index is 11.7. The van der Waals surface area contributed by atoms with Crippen molar-refractivity contribution >= 4 is 5.97 Å². The van der Waals surface area contributed by atoms with Crippen molar-refractivity contribution in [1.29, 1.82) is 0 Å². The van der Waals surface area contributed by atoms with Crippen LogP contribution in [0.5, 0.6) is 5.75 Å². The summed E-state index contributed by atoms with van der Waals surface area (Å²) < 4.78 is 5.73. The fourth-order valence-electron chi connectivity index (χ4n) is 3.75. The second-order valence-corrected chi connectivity index (χ2v) is 6.20. The van der Waals surface area contributed by atoms with E-state index in [0.29, 0.717) is 25.6 Å². The van der Waals surface area contributed by atoms with Crippen molar-refractivity contribution in [1.82, 2.24) is 4.90 Å². The number of benzene rings is 1. The highest BCUT2D eigenvalue weighted by Crippen LogP contribution is 2.41. The zero-order valence-corrected chi connectivity index (χ0v) is 12.5. The fraction of sp³-hybridized carbons (Fsp3) is 0.588. The van der Waals surface area contributed by atoms with Gasteiger partial charge in [0.15, 0.2) is 0 Å². The molecule has 1 aromatic rings. The average molecular weight is 289 g/mol. The molecule has 1 saturated heterocycles. The van der Waals surface area contributed by atoms with Crippen LogP contribution in [0.25, 0.3) is 0 Å². The number of para-hydroxylation sites is 1. The van der Waals surface area contributed by atoms with Crippen molar-refractivity contribution in [3.05, 3.63) is 29.8 Å². The number of hydrogen-bond donors (Lipinski definition) is 1. The summed E-state index contributed by atoms with van der Waals surface area (Å²) in [7, 11) is 0.